The highest BCUT2D eigenvalue weighted by atomic mass is 32.2. The van der Waals surface area contributed by atoms with Gasteiger partial charge in [0.1, 0.15) is 4.88 Å². The van der Waals surface area contributed by atoms with Crippen LogP contribution in [0.4, 0.5) is 10.8 Å². The summed E-state index contributed by atoms with van der Waals surface area (Å²) in [5.74, 6) is -0.412. The molecule has 0 aliphatic carbocycles. The number of thiazole rings is 1. The number of pyridine rings is 1. The van der Waals surface area contributed by atoms with Gasteiger partial charge in [-0.2, -0.15) is 0 Å². The number of hydrogen-bond acceptors (Lipinski definition) is 8. The van der Waals surface area contributed by atoms with Crippen LogP contribution in [0.3, 0.4) is 0 Å². The van der Waals surface area contributed by atoms with E-state index in [1.807, 2.05) is 0 Å². The molecule has 1 saturated heterocycles. The zero-order valence-corrected chi connectivity index (χ0v) is 14.6. The highest BCUT2D eigenvalue weighted by Gasteiger charge is 2.20. The number of carbonyl (C=O) groups is 1. The van der Waals surface area contributed by atoms with E-state index >= 15 is 0 Å². The SMILES string of the molecule is CS(=O)(=O)c1ncccc1NC(=O)c1cnc(N2CCOCC2)s1. The molecule has 0 atom stereocenters. The van der Waals surface area contributed by atoms with Crippen molar-refractivity contribution in [3.63, 3.8) is 0 Å². The molecule has 1 aliphatic rings. The summed E-state index contributed by atoms with van der Waals surface area (Å²) in [4.78, 5) is 22.9. The molecule has 0 spiro atoms. The molecule has 0 unspecified atom stereocenters. The molecule has 8 nitrogen and oxygen atoms in total. The lowest BCUT2D eigenvalue weighted by atomic mass is 10.4. The molecular formula is C14H16N4O4S2. The third-order valence-corrected chi connectivity index (χ3v) is 5.45. The van der Waals surface area contributed by atoms with Crippen molar-refractivity contribution in [1.29, 1.82) is 0 Å². The zero-order valence-electron chi connectivity index (χ0n) is 12.9. The maximum atomic E-state index is 12.4. The van der Waals surface area contributed by atoms with Crippen molar-refractivity contribution in [3.8, 4) is 0 Å². The summed E-state index contributed by atoms with van der Waals surface area (Å²) in [5.41, 5.74) is 0.159. The summed E-state index contributed by atoms with van der Waals surface area (Å²) in [6, 6.07) is 3.07. The molecule has 0 radical (unpaired) electrons. The van der Waals surface area contributed by atoms with Crippen LogP contribution in [-0.2, 0) is 14.6 Å². The van der Waals surface area contributed by atoms with E-state index in [4.69, 9.17) is 4.74 Å². The van der Waals surface area contributed by atoms with Crippen molar-refractivity contribution >= 4 is 37.9 Å². The van der Waals surface area contributed by atoms with Crippen LogP contribution in [0.1, 0.15) is 9.67 Å². The van der Waals surface area contributed by atoms with Gasteiger partial charge in [-0.1, -0.05) is 11.3 Å². The molecule has 0 aromatic carbocycles. The first kappa shape index (κ1) is 16.8. The first-order valence-corrected chi connectivity index (χ1v) is 9.91. The maximum Gasteiger partial charge on any atom is 0.267 e. The molecule has 2 aromatic heterocycles. The minimum atomic E-state index is -3.53. The minimum Gasteiger partial charge on any atom is -0.378 e. The molecule has 1 N–H and O–H groups in total. The average molecular weight is 368 g/mol. The van der Waals surface area contributed by atoms with E-state index in [0.29, 0.717) is 18.1 Å². The van der Waals surface area contributed by atoms with Gasteiger partial charge in [0.25, 0.3) is 5.91 Å². The van der Waals surface area contributed by atoms with E-state index in [2.05, 4.69) is 20.2 Å². The third-order valence-electron chi connectivity index (χ3n) is 3.37. The summed E-state index contributed by atoms with van der Waals surface area (Å²) < 4.78 is 28.8. The summed E-state index contributed by atoms with van der Waals surface area (Å²) in [6.07, 6.45) is 3.91. The smallest absolute Gasteiger partial charge is 0.267 e. The number of rotatable bonds is 4. The van der Waals surface area contributed by atoms with Gasteiger partial charge < -0.3 is 15.0 Å². The summed E-state index contributed by atoms with van der Waals surface area (Å²) in [5, 5.41) is 3.19. The van der Waals surface area contributed by atoms with Gasteiger partial charge in [0.2, 0.25) is 0 Å². The predicted octanol–water partition coefficient (Wildman–Crippen LogP) is 1.03. The largest absolute Gasteiger partial charge is 0.378 e. The number of nitrogens with one attached hydrogen (secondary N) is 1. The summed E-state index contributed by atoms with van der Waals surface area (Å²) in [7, 11) is -3.53. The van der Waals surface area contributed by atoms with Crippen molar-refractivity contribution in [3.05, 3.63) is 29.4 Å². The summed E-state index contributed by atoms with van der Waals surface area (Å²) in [6.45, 7) is 2.73. The molecule has 3 heterocycles. The molecule has 3 rings (SSSR count). The Bertz CT molecular complexity index is 844. The lowest BCUT2D eigenvalue weighted by Crippen LogP contribution is -2.36. The van der Waals surface area contributed by atoms with E-state index in [1.165, 1.54) is 29.8 Å². The quantitative estimate of drug-likeness (QED) is 0.860. The van der Waals surface area contributed by atoms with Crippen molar-refractivity contribution in [1.82, 2.24) is 9.97 Å². The molecule has 1 fully saturated rings. The van der Waals surface area contributed by atoms with Crippen LogP contribution in [0.15, 0.2) is 29.6 Å². The van der Waals surface area contributed by atoms with Gasteiger partial charge in [0.15, 0.2) is 20.0 Å². The molecular weight excluding hydrogens is 352 g/mol. The number of carbonyl (C=O) groups excluding carboxylic acids is 1. The van der Waals surface area contributed by atoms with E-state index < -0.39 is 15.7 Å². The third kappa shape index (κ3) is 3.71. The zero-order chi connectivity index (χ0) is 17.2. The Labute approximate surface area is 143 Å². The van der Waals surface area contributed by atoms with Gasteiger partial charge in [0.05, 0.1) is 25.1 Å². The normalized spacial score (nSPS) is 15.3. The minimum absolute atomic E-state index is 0.156. The van der Waals surface area contributed by atoms with Gasteiger partial charge in [-0.15, -0.1) is 0 Å². The topological polar surface area (TPSA) is 101 Å². The highest BCUT2D eigenvalue weighted by Crippen LogP contribution is 2.25. The lowest BCUT2D eigenvalue weighted by molar-refractivity contribution is 0.103. The second kappa shape index (κ2) is 6.83. The van der Waals surface area contributed by atoms with Crippen molar-refractivity contribution < 1.29 is 17.9 Å². The van der Waals surface area contributed by atoms with E-state index in [9.17, 15) is 13.2 Å². The fraction of sp³-hybridized carbons (Fsp3) is 0.357. The second-order valence-electron chi connectivity index (χ2n) is 5.19. The number of aromatic nitrogens is 2. The van der Waals surface area contributed by atoms with Gasteiger partial charge in [-0.25, -0.2) is 18.4 Å². The van der Waals surface area contributed by atoms with Gasteiger partial charge >= 0.3 is 0 Å². The molecule has 1 aliphatic heterocycles. The number of anilines is 2. The van der Waals surface area contributed by atoms with Gasteiger partial charge in [-0.3, -0.25) is 4.79 Å². The Morgan fingerprint density at radius 1 is 1.33 bits per heavy atom. The van der Waals surface area contributed by atoms with E-state index in [1.54, 1.807) is 6.07 Å². The predicted molar refractivity (Wildman–Crippen MR) is 90.4 cm³/mol. The van der Waals surface area contributed by atoms with Gasteiger partial charge in [-0.05, 0) is 12.1 Å². The Hall–Kier alpha value is -2.04. The standard InChI is InChI=1S/C14H16N4O4S2/c1-24(20,21)13-10(3-2-4-15-13)17-12(19)11-9-16-14(23-11)18-5-7-22-8-6-18/h2-4,9H,5-8H2,1H3,(H,17,19). The van der Waals surface area contributed by atoms with E-state index in [-0.39, 0.29) is 10.7 Å². The van der Waals surface area contributed by atoms with Crippen molar-refractivity contribution in [2.24, 2.45) is 0 Å². The van der Waals surface area contributed by atoms with Crippen LogP contribution in [0, 0.1) is 0 Å². The molecule has 1 amide bonds. The Balaban J connectivity index is 1.78. The van der Waals surface area contributed by atoms with Crippen LogP contribution < -0.4 is 10.2 Å². The van der Waals surface area contributed by atoms with Crippen molar-refractivity contribution in [2.45, 2.75) is 5.03 Å². The summed E-state index contributed by atoms with van der Waals surface area (Å²) >= 11 is 1.26. The van der Waals surface area contributed by atoms with Crippen LogP contribution in [0.2, 0.25) is 0 Å². The number of hydrogen-bond donors (Lipinski definition) is 1. The lowest BCUT2D eigenvalue weighted by Gasteiger charge is -2.25. The number of sulfone groups is 1. The fourth-order valence-electron chi connectivity index (χ4n) is 2.24. The molecule has 24 heavy (non-hydrogen) atoms. The van der Waals surface area contributed by atoms with Crippen LogP contribution >= 0.6 is 11.3 Å². The molecule has 128 valence electrons. The van der Waals surface area contributed by atoms with Gasteiger partial charge in [0, 0.05) is 25.5 Å². The number of morpholine rings is 1. The second-order valence-corrected chi connectivity index (χ2v) is 8.13. The number of ether oxygens (including phenoxy) is 1. The maximum absolute atomic E-state index is 12.4. The fourth-order valence-corrected chi connectivity index (χ4v) is 3.87. The van der Waals surface area contributed by atoms with Crippen LogP contribution in [0.5, 0.6) is 0 Å². The average Bonchev–Trinajstić information content (AvgIpc) is 3.05. The molecule has 0 saturated carbocycles. The first-order chi connectivity index (χ1) is 11.4. The van der Waals surface area contributed by atoms with Crippen LogP contribution in [0.25, 0.3) is 0 Å². The Kier molecular flexibility index (Phi) is 4.78. The van der Waals surface area contributed by atoms with E-state index in [0.717, 1.165) is 24.5 Å². The number of nitrogens with zero attached hydrogens (tertiary/aromatic N) is 3. The molecule has 2 aromatic rings. The Morgan fingerprint density at radius 2 is 2.08 bits per heavy atom. The number of amides is 1. The van der Waals surface area contributed by atoms with Crippen LogP contribution in [-0.4, -0.2) is 56.9 Å². The highest BCUT2D eigenvalue weighted by molar-refractivity contribution is 7.90. The molecule has 10 heteroatoms. The molecule has 0 bridgehead atoms. The van der Waals surface area contributed by atoms with Crippen molar-refractivity contribution in [2.75, 3.05) is 42.8 Å². The monoisotopic (exact) mass is 368 g/mol. The Morgan fingerprint density at radius 3 is 2.79 bits per heavy atom. The first-order valence-electron chi connectivity index (χ1n) is 7.20.